The molecule has 0 aliphatic carbocycles. The second-order valence-corrected chi connectivity index (χ2v) is 5.38. The molecule has 1 saturated heterocycles. The van der Waals surface area contributed by atoms with Gasteiger partial charge in [-0.15, -0.1) is 0 Å². The van der Waals surface area contributed by atoms with Crippen molar-refractivity contribution in [2.24, 2.45) is 5.10 Å². The first kappa shape index (κ1) is 12.8. The van der Waals surface area contributed by atoms with Crippen LogP contribution in [0.1, 0.15) is 18.4 Å². The van der Waals surface area contributed by atoms with E-state index in [9.17, 15) is 0 Å². The van der Waals surface area contributed by atoms with Gasteiger partial charge in [-0.1, -0.05) is 29.8 Å². The molecular weight excluding hydrogens is 262 g/mol. The molecule has 2 heterocycles. The Morgan fingerprint density at radius 1 is 1.42 bits per heavy atom. The first-order valence-corrected chi connectivity index (χ1v) is 7.10. The van der Waals surface area contributed by atoms with Gasteiger partial charge in [0.15, 0.2) is 0 Å². The number of rotatable bonds is 4. The van der Waals surface area contributed by atoms with Crippen molar-refractivity contribution in [2.75, 3.05) is 19.8 Å². The summed E-state index contributed by atoms with van der Waals surface area (Å²) in [4.78, 5) is 2.25. The molecular formula is C14H18ClN3O. The Hall–Kier alpha value is -1.26. The third kappa shape index (κ3) is 3.01. The smallest absolute Gasteiger partial charge is 0.130 e. The maximum absolute atomic E-state index is 6.20. The van der Waals surface area contributed by atoms with Gasteiger partial charge in [0.05, 0.1) is 6.10 Å². The van der Waals surface area contributed by atoms with Gasteiger partial charge >= 0.3 is 0 Å². The summed E-state index contributed by atoms with van der Waals surface area (Å²) in [5.41, 5.74) is 4.17. The molecule has 0 saturated carbocycles. The Morgan fingerprint density at radius 2 is 2.32 bits per heavy atom. The largest absolute Gasteiger partial charge is 0.376 e. The highest BCUT2D eigenvalue weighted by Gasteiger charge is 2.24. The van der Waals surface area contributed by atoms with Crippen molar-refractivity contribution in [2.45, 2.75) is 25.4 Å². The van der Waals surface area contributed by atoms with Gasteiger partial charge in [-0.25, -0.2) is 0 Å². The molecule has 102 valence electrons. The highest BCUT2D eigenvalue weighted by molar-refractivity contribution is 6.31. The first-order chi connectivity index (χ1) is 9.33. The van der Waals surface area contributed by atoms with Crippen LogP contribution in [0.15, 0.2) is 29.4 Å². The van der Waals surface area contributed by atoms with Crippen LogP contribution in [-0.4, -0.2) is 36.7 Å². The minimum absolute atomic E-state index is 0.344. The monoisotopic (exact) mass is 279 g/mol. The summed E-state index contributed by atoms with van der Waals surface area (Å²) in [6, 6.07) is 7.93. The Bertz CT molecular complexity index is 472. The van der Waals surface area contributed by atoms with Crippen LogP contribution in [-0.2, 0) is 11.2 Å². The molecule has 2 aliphatic rings. The topological polar surface area (TPSA) is 36.9 Å². The lowest BCUT2D eigenvalue weighted by atomic mass is 10.1. The number of nitrogens with zero attached hydrogens (tertiary/aromatic N) is 2. The van der Waals surface area contributed by atoms with Crippen molar-refractivity contribution in [3.8, 4) is 0 Å². The van der Waals surface area contributed by atoms with E-state index in [1.165, 1.54) is 6.42 Å². The number of hydrazone groups is 1. The maximum atomic E-state index is 6.20. The standard InChI is InChI=1S/C14H18ClN3O/c15-13-6-2-1-4-11(13)8-14-17-16-10-18(14)9-12-5-3-7-19-12/h1-2,4,6,12,16H,3,5,7-10H2. The van der Waals surface area contributed by atoms with Gasteiger partial charge < -0.3 is 9.64 Å². The molecule has 0 amide bonds. The van der Waals surface area contributed by atoms with Gasteiger partial charge in [0.25, 0.3) is 0 Å². The van der Waals surface area contributed by atoms with Crippen LogP contribution in [0, 0.1) is 0 Å². The zero-order valence-electron chi connectivity index (χ0n) is 10.8. The number of ether oxygens (including phenoxy) is 1. The molecule has 1 aromatic carbocycles. The summed E-state index contributed by atoms with van der Waals surface area (Å²) in [6.07, 6.45) is 3.43. The molecule has 0 radical (unpaired) electrons. The van der Waals surface area contributed by atoms with Crippen LogP contribution in [0.3, 0.4) is 0 Å². The minimum Gasteiger partial charge on any atom is -0.376 e. The van der Waals surface area contributed by atoms with Crippen molar-refractivity contribution in [3.05, 3.63) is 34.9 Å². The molecule has 3 rings (SSSR count). The third-order valence-corrected chi connectivity index (χ3v) is 3.96. The minimum atomic E-state index is 0.344. The lowest BCUT2D eigenvalue weighted by molar-refractivity contribution is 0.0918. The van der Waals surface area contributed by atoms with Crippen molar-refractivity contribution < 1.29 is 4.74 Å². The molecule has 1 fully saturated rings. The summed E-state index contributed by atoms with van der Waals surface area (Å²) in [5.74, 6) is 1.05. The normalized spacial score (nSPS) is 22.5. The van der Waals surface area contributed by atoms with E-state index < -0.39 is 0 Å². The number of amidine groups is 1. The second-order valence-electron chi connectivity index (χ2n) is 4.97. The van der Waals surface area contributed by atoms with Crippen LogP contribution in [0.2, 0.25) is 5.02 Å². The molecule has 2 aliphatic heterocycles. The van der Waals surface area contributed by atoms with Gasteiger partial charge in [0.2, 0.25) is 0 Å². The van der Waals surface area contributed by atoms with Crippen LogP contribution in [0.4, 0.5) is 0 Å². The fourth-order valence-corrected chi connectivity index (χ4v) is 2.74. The van der Waals surface area contributed by atoms with E-state index in [1.54, 1.807) is 0 Å². The quantitative estimate of drug-likeness (QED) is 0.918. The molecule has 1 unspecified atom stereocenters. The highest BCUT2D eigenvalue weighted by atomic mass is 35.5. The summed E-state index contributed by atoms with van der Waals surface area (Å²) in [6.45, 7) is 2.57. The van der Waals surface area contributed by atoms with E-state index in [1.807, 2.05) is 24.3 Å². The summed E-state index contributed by atoms with van der Waals surface area (Å²) in [7, 11) is 0. The van der Waals surface area contributed by atoms with Crippen LogP contribution >= 0.6 is 11.6 Å². The van der Waals surface area contributed by atoms with E-state index in [0.29, 0.717) is 6.10 Å². The molecule has 5 heteroatoms. The number of benzene rings is 1. The zero-order valence-corrected chi connectivity index (χ0v) is 11.6. The summed E-state index contributed by atoms with van der Waals surface area (Å²) < 4.78 is 5.69. The van der Waals surface area contributed by atoms with Crippen molar-refractivity contribution >= 4 is 17.4 Å². The zero-order chi connectivity index (χ0) is 13.1. The van der Waals surface area contributed by atoms with E-state index in [2.05, 4.69) is 15.4 Å². The third-order valence-electron chi connectivity index (χ3n) is 3.59. The number of nitrogens with one attached hydrogen (secondary N) is 1. The second kappa shape index (κ2) is 5.80. The fourth-order valence-electron chi connectivity index (χ4n) is 2.54. The number of hydrogen-bond acceptors (Lipinski definition) is 4. The Kier molecular flexibility index (Phi) is 3.89. The average molecular weight is 280 g/mol. The molecule has 1 N–H and O–H groups in total. The molecule has 19 heavy (non-hydrogen) atoms. The Labute approximate surface area is 118 Å². The Balaban J connectivity index is 1.64. The summed E-state index contributed by atoms with van der Waals surface area (Å²) in [5, 5.41) is 5.17. The van der Waals surface area contributed by atoms with Gasteiger partial charge in [-0.3, -0.25) is 5.43 Å². The maximum Gasteiger partial charge on any atom is 0.130 e. The molecule has 4 nitrogen and oxygen atoms in total. The SMILES string of the molecule is Clc1ccccc1CC1=NNCN1CC1CCCO1. The van der Waals surface area contributed by atoms with Crippen LogP contribution < -0.4 is 5.43 Å². The number of halogens is 1. The van der Waals surface area contributed by atoms with E-state index in [4.69, 9.17) is 16.3 Å². The molecule has 1 aromatic rings. The number of hydrogen-bond donors (Lipinski definition) is 1. The lowest BCUT2D eigenvalue weighted by Gasteiger charge is -2.22. The van der Waals surface area contributed by atoms with Crippen LogP contribution in [0.25, 0.3) is 0 Å². The Morgan fingerprint density at radius 3 is 3.11 bits per heavy atom. The molecule has 0 bridgehead atoms. The first-order valence-electron chi connectivity index (χ1n) is 6.72. The highest BCUT2D eigenvalue weighted by Crippen LogP contribution is 2.19. The van der Waals surface area contributed by atoms with Crippen molar-refractivity contribution in [1.29, 1.82) is 0 Å². The lowest BCUT2D eigenvalue weighted by Crippen LogP contribution is -2.37. The van der Waals surface area contributed by atoms with E-state index in [0.717, 1.165) is 49.1 Å². The van der Waals surface area contributed by atoms with Gasteiger partial charge in [0.1, 0.15) is 12.5 Å². The van der Waals surface area contributed by atoms with Gasteiger partial charge in [0, 0.05) is 24.6 Å². The van der Waals surface area contributed by atoms with E-state index >= 15 is 0 Å². The summed E-state index contributed by atoms with van der Waals surface area (Å²) >= 11 is 6.20. The molecule has 0 aromatic heterocycles. The average Bonchev–Trinajstić information content (AvgIpc) is 3.06. The molecule has 0 spiro atoms. The van der Waals surface area contributed by atoms with Crippen molar-refractivity contribution in [3.63, 3.8) is 0 Å². The van der Waals surface area contributed by atoms with Crippen molar-refractivity contribution in [1.82, 2.24) is 10.3 Å². The van der Waals surface area contributed by atoms with Crippen LogP contribution in [0.5, 0.6) is 0 Å². The predicted molar refractivity (Wildman–Crippen MR) is 76.3 cm³/mol. The van der Waals surface area contributed by atoms with Gasteiger partial charge in [-0.05, 0) is 24.5 Å². The molecule has 1 atom stereocenters. The van der Waals surface area contributed by atoms with Gasteiger partial charge in [-0.2, -0.15) is 5.10 Å². The fraction of sp³-hybridized carbons (Fsp3) is 0.500. The van der Waals surface area contributed by atoms with E-state index in [-0.39, 0.29) is 0 Å². The predicted octanol–water partition coefficient (Wildman–Crippen LogP) is 2.24.